The average Bonchev–Trinajstić information content (AvgIpc) is 3.02. The minimum Gasteiger partial charge on any atom is -0.365 e. The van der Waals surface area contributed by atoms with Crippen molar-refractivity contribution in [2.24, 2.45) is 0 Å². The molecule has 0 bridgehead atoms. The summed E-state index contributed by atoms with van der Waals surface area (Å²) in [6.45, 7) is 5.28. The van der Waals surface area contributed by atoms with Crippen LogP contribution in [0, 0.1) is 6.92 Å². The first-order valence-corrected chi connectivity index (χ1v) is 9.30. The van der Waals surface area contributed by atoms with Crippen molar-refractivity contribution in [3.05, 3.63) is 18.0 Å². The molecule has 2 saturated heterocycles. The van der Waals surface area contributed by atoms with Crippen LogP contribution in [-0.2, 0) is 9.53 Å². The van der Waals surface area contributed by atoms with Crippen LogP contribution in [0.15, 0.2) is 12.1 Å². The highest BCUT2D eigenvalue weighted by atomic mass is 32.2. The number of morpholine rings is 1. The van der Waals surface area contributed by atoms with Crippen LogP contribution in [0.25, 0.3) is 5.65 Å². The predicted molar refractivity (Wildman–Crippen MR) is 91.4 cm³/mol. The second kappa shape index (κ2) is 6.56. The Morgan fingerprint density at radius 1 is 1.25 bits per heavy atom. The van der Waals surface area contributed by atoms with E-state index in [0.717, 1.165) is 48.4 Å². The Bertz CT molecular complexity index is 745. The highest BCUT2D eigenvalue weighted by molar-refractivity contribution is 7.99. The Hall–Kier alpha value is -1.87. The lowest BCUT2D eigenvalue weighted by molar-refractivity contribution is -0.144. The number of anilines is 1. The number of carbonyl (C=O) groups is 1. The van der Waals surface area contributed by atoms with Crippen molar-refractivity contribution in [3.63, 3.8) is 0 Å². The largest absolute Gasteiger partial charge is 0.365 e. The van der Waals surface area contributed by atoms with E-state index < -0.39 is 6.10 Å². The molecular weight excluding hydrogens is 328 g/mol. The number of aromatic nitrogens is 4. The standard InChI is InChI=1S/C15H20N6O2S/c1-11-16-17-13-2-3-14(18-21(11)13)20-4-7-23-12(10-20)15(22)19-5-8-24-9-6-19/h2-3,12H,4-10H2,1H3. The van der Waals surface area contributed by atoms with Gasteiger partial charge in [-0.3, -0.25) is 4.79 Å². The summed E-state index contributed by atoms with van der Waals surface area (Å²) < 4.78 is 7.47. The molecule has 1 atom stereocenters. The molecule has 0 aliphatic carbocycles. The van der Waals surface area contributed by atoms with E-state index in [1.54, 1.807) is 4.52 Å². The van der Waals surface area contributed by atoms with E-state index in [-0.39, 0.29) is 5.91 Å². The quantitative estimate of drug-likeness (QED) is 0.768. The number of amides is 1. The first-order chi connectivity index (χ1) is 11.7. The van der Waals surface area contributed by atoms with Gasteiger partial charge in [-0.15, -0.1) is 15.3 Å². The topological polar surface area (TPSA) is 75.9 Å². The van der Waals surface area contributed by atoms with E-state index in [1.165, 1.54) is 0 Å². The third kappa shape index (κ3) is 2.93. The number of aryl methyl sites for hydroxylation is 1. The molecular formula is C15H20N6O2S. The number of thioether (sulfide) groups is 1. The summed E-state index contributed by atoms with van der Waals surface area (Å²) in [6.07, 6.45) is -0.415. The Morgan fingerprint density at radius 2 is 2.08 bits per heavy atom. The number of rotatable bonds is 2. The molecule has 24 heavy (non-hydrogen) atoms. The Balaban J connectivity index is 1.50. The number of nitrogens with zero attached hydrogens (tertiary/aromatic N) is 6. The van der Waals surface area contributed by atoms with E-state index in [2.05, 4.69) is 20.2 Å². The summed E-state index contributed by atoms with van der Waals surface area (Å²) >= 11 is 1.89. The third-order valence-electron chi connectivity index (χ3n) is 4.39. The maximum absolute atomic E-state index is 12.7. The van der Waals surface area contributed by atoms with E-state index in [1.807, 2.05) is 35.7 Å². The Morgan fingerprint density at radius 3 is 2.92 bits per heavy atom. The zero-order chi connectivity index (χ0) is 16.5. The van der Waals surface area contributed by atoms with Crippen LogP contribution in [0.2, 0.25) is 0 Å². The fraction of sp³-hybridized carbons (Fsp3) is 0.600. The smallest absolute Gasteiger partial charge is 0.253 e. The monoisotopic (exact) mass is 348 g/mol. The van der Waals surface area contributed by atoms with Gasteiger partial charge < -0.3 is 14.5 Å². The van der Waals surface area contributed by atoms with Crippen LogP contribution in [0.5, 0.6) is 0 Å². The Kier molecular flexibility index (Phi) is 4.28. The summed E-state index contributed by atoms with van der Waals surface area (Å²) in [7, 11) is 0. The molecule has 0 aromatic carbocycles. The molecule has 8 nitrogen and oxygen atoms in total. The number of hydrogen-bond acceptors (Lipinski definition) is 7. The fourth-order valence-electron chi connectivity index (χ4n) is 3.05. The minimum absolute atomic E-state index is 0.0987. The first kappa shape index (κ1) is 15.6. The summed E-state index contributed by atoms with van der Waals surface area (Å²) in [5.41, 5.74) is 0.725. The molecule has 2 aliphatic rings. The van der Waals surface area contributed by atoms with Crippen LogP contribution in [0.1, 0.15) is 5.82 Å². The molecule has 2 fully saturated rings. The van der Waals surface area contributed by atoms with Gasteiger partial charge in [0.05, 0.1) is 13.2 Å². The predicted octanol–water partition coefficient (Wildman–Crippen LogP) is 0.213. The summed E-state index contributed by atoms with van der Waals surface area (Å²) in [5, 5.41) is 12.7. The summed E-state index contributed by atoms with van der Waals surface area (Å²) in [4.78, 5) is 16.7. The molecule has 1 amide bonds. The van der Waals surface area contributed by atoms with Crippen molar-refractivity contribution >= 4 is 29.1 Å². The number of hydrogen-bond donors (Lipinski definition) is 0. The molecule has 9 heteroatoms. The summed E-state index contributed by atoms with van der Waals surface area (Å²) in [6, 6.07) is 3.82. The lowest BCUT2D eigenvalue weighted by Gasteiger charge is -2.36. The van der Waals surface area contributed by atoms with Gasteiger partial charge in [-0.05, 0) is 19.1 Å². The maximum Gasteiger partial charge on any atom is 0.253 e. The van der Waals surface area contributed by atoms with E-state index in [4.69, 9.17) is 4.74 Å². The van der Waals surface area contributed by atoms with Crippen molar-refractivity contribution < 1.29 is 9.53 Å². The highest BCUT2D eigenvalue weighted by Crippen LogP contribution is 2.18. The molecule has 0 N–H and O–H groups in total. The normalized spacial score (nSPS) is 22.1. The van der Waals surface area contributed by atoms with Gasteiger partial charge in [0.25, 0.3) is 5.91 Å². The van der Waals surface area contributed by atoms with Crippen LogP contribution >= 0.6 is 11.8 Å². The molecule has 0 saturated carbocycles. The second-order valence-electron chi connectivity index (χ2n) is 5.95. The molecule has 2 aromatic rings. The zero-order valence-corrected chi connectivity index (χ0v) is 14.4. The van der Waals surface area contributed by atoms with Gasteiger partial charge in [0.1, 0.15) is 5.82 Å². The fourth-order valence-corrected chi connectivity index (χ4v) is 3.95. The van der Waals surface area contributed by atoms with E-state index in [0.29, 0.717) is 13.2 Å². The van der Waals surface area contributed by atoms with Crippen LogP contribution in [0.4, 0.5) is 5.82 Å². The van der Waals surface area contributed by atoms with Gasteiger partial charge in [0.2, 0.25) is 0 Å². The molecule has 1 unspecified atom stereocenters. The van der Waals surface area contributed by atoms with Gasteiger partial charge in [-0.25, -0.2) is 0 Å². The van der Waals surface area contributed by atoms with Crippen LogP contribution in [0.3, 0.4) is 0 Å². The zero-order valence-electron chi connectivity index (χ0n) is 13.6. The van der Waals surface area contributed by atoms with Crippen LogP contribution < -0.4 is 4.90 Å². The van der Waals surface area contributed by atoms with Gasteiger partial charge in [0, 0.05) is 31.1 Å². The van der Waals surface area contributed by atoms with Gasteiger partial charge >= 0.3 is 0 Å². The van der Waals surface area contributed by atoms with Crippen molar-refractivity contribution in [3.8, 4) is 0 Å². The second-order valence-corrected chi connectivity index (χ2v) is 7.18. The highest BCUT2D eigenvalue weighted by Gasteiger charge is 2.31. The van der Waals surface area contributed by atoms with Crippen molar-refractivity contribution in [1.82, 2.24) is 24.7 Å². The molecule has 4 rings (SSSR count). The first-order valence-electron chi connectivity index (χ1n) is 8.14. The molecule has 2 aromatic heterocycles. The van der Waals surface area contributed by atoms with E-state index >= 15 is 0 Å². The SMILES string of the molecule is Cc1nnc2ccc(N3CCOC(C(=O)N4CCSCC4)C3)nn12. The van der Waals surface area contributed by atoms with Crippen molar-refractivity contribution in [2.45, 2.75) is 13.0 Å². The Labute approximate surface area is 144 Å². The molecule has 0 radical (unpaired) electrons. The lowest BCUT2D eigenvalue weighted by atomic mass is 10.2. The molecule has 0 spiro atoms. The number of fused-ring (bicyclic) bond motifs is 1. The third-order valence-corrected chi connectivity index (χ3v) is 5.34. The average molecular weight is 348 g/mol. The number of carbonyl (C=O) groups excluding carboxylic acids is 1. The minimum atomic E-state index is -0.415. The van der Waals surface area contributed by atoms with Crippen molar-refractivity contribution in [2.75, 3.05) is 49.2 Å². The number of ether oxygens (including phenoxy) is 1. The molecule has 2 aliphatic heterocycles. The maximum atomic E-state index is 12.7. The van der Waals surface area contributed by atoms with Crippen molar-refractivity contribution in [1.29, 1.82) is 0 Å². The molecule has 128 valence electrons. The summed E-state index contributed by atoms with van der Waals surface area (Å²) in [5.74, 6) is 3.68. The molecule has 4 heterocycles. The van der Waals surface area contributed by atoms with Gasteiger partial charge in [-0.1, -0.05) is 0 Å². The van der Waals surface area contributed by atoms with Gasteiger partial charge in [0.15, 0.2) is 17.6 Å². The van der Waals surface area contributed by atoms with E-state index in [9.17, 15) is 4.79 Å². The lowest BCUT2D eigenvalue weighted by Crippen LogP contribution is -2.52. The van der Waals surface area contributed by atoms with Gasteiger partial charge in [-0.2, -0.15) is 16.3 Å². The van der Waals surface area contributed by atoms with Crippen LogP contribution in [-0.4, -0.2) is 81.0 Å².